The van der Waals surface area contributed by atoms with E-state index in [0.29, 0.717) is 5.92 Å². The molecule has 0 heterocycles. The second kappa shape index (κ2) is 12.2. The van der Waals surface area contributed by atoms with Crippen molar-refractivity contribution in [2.75, 3.05) is 0 Å². The minimum Gasteiger partial charge on any atom is -0.460 e. The van der Waals surface area contributed by atoms with Gasteiger partial charge in [0.1, 0.15) is 5.60 Å². The van der Waals surface area contributed by atoms with Crippen molar-refractivity contribution in [1.29, 1.82) is 0 Å². The molecule has 0 aromatic heterocycles. The lowest BCUT2D eigenvalue weighted by Gasteiger charge is -2.34. The van der Waals surface area contributed by atoms with Gasteiger partial charge in [-0.15, -0.1) is 0 Å². The zero-order chi connectivity index (χ0) is 22.0. The van der Waals surface area contributed by atoms with E-state index in [1.807, 2.05) is 6.08 Å². The number of esters is 2. The van der Waals surface area contributed by atoms with Crippen molar-refractivity contribution in [2.45, 2.75) is 105 Å². The molecule has 2 rings (SSSR count). The van der Waals surface area contributed by atoms with E-state index >= 15 is 0 Å². The van der Waals surface area contributed by atoms with Crippen molar-refractivity contribution >= 4 is 11.9 Å². The first-order chi connectivity index (χ1) is 13.6. The molecule has 0 saturated carbocycles. The maximum atomic E-state index is 11.3. The van der Waals surface area contributed by atoms with Gasteiger partial charge < -0.3 is 9.47 Å². The van der Waals surface area contributed by atoms with Gasteiger partial charge in [-0.2, -0.15) is 0 Å². The normalized spacial score (nSPS) is 24.4. The van der Waals surface area contributed by atoms with Gasteiger partial charge in [-0.25, -0.2) is 0 Å². The molecule has 29 heavy (non-hydrogen) atoms. The molecule has 0 N–H and O–H groups in total. The average molecular weight is 407 g/mol. The Morgan fingerprint density at radius 2 is 1.69 bits per heavy atom. The summed E-state index contributed by atoms with van der Waals surface area (Å²) < 4.78 is 10.2. The van der Waals surface area contributed by atoms with E-state index in [1.54, 1.807) is 11.1 Å². The van der Waals surface area contributed by atoms with Gasteiger partial charge in [-0.1, -0.05) is 38.3 Å². The van der Waals surface area contributed by atoms with Crippen molar-refractivity contribution in [1.82, 2.24) is 0 Å². The van der Waals surface area contributed by atoms with Crippen LogP contribution in [0.15, 0.2) is 23.5 Å². The molecule has 4 heteroatoms. The number of hydrogen-bond acceptors (Lipinski definition) is 4. The average Bonchev–Trinajstić information content (AvgIpc) is 2.88. The summed E-state index contributed by atoms with van der Waals surface area (Å²) in [5.74, 6) is 1.50. The van der Waals surface area contributed by atoms with Crippen LogP contribution in [0.3, 0.4) is 0 Å². The SMILES string of the molecule is CC(=O)OC(C)(C)[C@@H]1CC[C@H](C)C2=C(C1)[C@@H](C)CC2.CCCCC=COC(C)=O. The zero-order valence-electron chi connectivity index (χ0n) is 19.7. The van der Waals surface area contributed by atoms with Crippen molar-refractivity contribution in [3.05, 3.63) is 23.5 Å². The first-order valence-electron chi connectivity index (χ1n) is 11.3. The summed E-state index contributed by atoms with van der Waals surface area (Å²) in [7, 11) is 0. The maximum absolute atomic E-state index is 11.3. The van der Waals surface area contributed by atoms with E-state index in [9.17, 15) is 9.59 Å². The number of unbranched alkanes of at least 4 members (excludes halogenated alkanes) is 2. The van der Waals surface area contributed by atoms with Crippen LogP contribution in [0.2, 0.25) is 0 Å². The maximum Gasteiger partial charge on any atom is 0.307 e. The van der Waals surface area contributed by atoms with Crippen LogP contribution < -0.4 is 0 Å². The summed E-state index contributed by atoms with van der Waals surface area (Å²) >= 11 is 0. The molecule has 0 saturated heterocycles. The zero-order valence-corrected chi connectivity index (χ0v) is 19.7. The lowest BCUT2D eigenvalue weighted by molar-refractivity contribution is -0.159. The second-order valence-electron chi connectivity index (χ2n) is 9.19. The molecule has 0 unspecified atom stereocenters. The van der Waals surface area contributed by atoms with Crippen LogP contribution in [-0.2, 0) is 19.1 Å². The number of ether oxygens (including phenoxy) is 2. The highest BCUT2D eigenvalue weighted by Crippen LogP contribution is 2.46. The third kappa shape index (κ3) is 8.76. The molecule has 0 aromatic carbocycles. The Morgan fingerprint density at radius 3 is 2.28 bits per heavy atom. The van der Waals surface area contributed by atoms with Gasteiger partial charge in [-0.05, 0) is 76.7 Å². The molecule has 3 atom stereocenters. The third-order valence-corrected chi connectivity index (χ3v) is 6.31. The van der Waals surface area contributed by atoms with Crippen molar-refractivity contribution < 1.29 is 19.1 Å². The molecular formula is C25H42O4. The first kappa shape index (κ1) is 25.5. The molecule has 0 spiro atoms. The van der Waals surface area contributed by atoms with E-state index in [2.05, 4.69) is 39.4 Å². The number of hydrogen-bond donors (Lipinski definition) is 0. The smallest absolute Gasteiger partial charge is 0.307 e. The predicted molar refractivity (Wildman–Crippen MR) is 118 cm³/mol. The topological polar surface area (TPSA) is 52.6 Å². The fraction of sp³-hybridized carbons (Fsp3) is 0.760. The van der Waals surface area contributed by atoms with Crippen LogP contribution in [-0.4, -0.2) is 17.5 Å². The number of allylic oxidation sites excluding steroid dienone is 3. The molecule has 0 amide bonds. The van der Waals surface area contributed by atoms with Crippen LogP contribution in [0.4, 0.5) is 0 Å². The number of carbonyl (C=O) groups is 2. The van der Waals surface area contributed by atoms with Crippen LogP contribution in [0.25, 0.3) is 0 Å². The highest BCUT2D eigenvalue weighted by atomic mass is 16.6. The molecule has 2 aliphatic rings. The molecule has 0 radical (unpaired) electrons. The van der Waals surface area contributed by atoms with Crippen LogP contribution in [0.1, 0.15) is 99.8 Å². The molecule has 2 aliphatic carbocycles. The largest absolute Gasteiger partial charge is 0.460 e. The van der Waals surface area contributed by atoms with Gasteiger partial charge in [0.25, 0.3) is 0 Å². The molecule has 4 nitrogen and oxygen atoms in total. The first-order valence-corrected chi connectivity index (χ1v) is 11.3. The molecule has 0 bridgehead atoms. The van der Waals surface area contributed by atoms with Crippen LogP contribution in [0.5, 0.6) is 0 Å². The van der Waals surface area contributed by atoms with Crippen LogP contribution in [0, 0.1) is 17.8 Å². The standard InChI is InChI=1S/C17H28O2.C8H14O2/c1-11-6-8-14(17(4,5)19-13(3)18)10-16-12(2)7-9-15(11)16;1-3-4-5-6-7-10-8(2)9/h11-12,14H,6-10H2,1-5H3;6-7H,3-5H2,1-2H3/t11-,12-,14+;/m0./s1. The highest BCUT2D eigenvalue weighted by Gasteiger charge is 2.38. The molecule has 0 fully saturated rings. The van der Waals surface area contributed by atoms with Crippen molar-refractivity contribution in [3.63, 3.8) is 0 Å². The van der Waals surface area contributed by atoms with Crippen LogP contribution >= 0.6 is 0 Å². The summed E-state index contributed by atoms with van der Waals surface area (Å²) in [5, 5.41) is 0. The Hall–Kier alpha value is -1.58. The molecule has 0 aromatic rings. The van der Waals surface area contributed by atoms with Crippen molar-refractivity contribution in [3.8, 4) is 0 Å². The molecular weight excluding hydrogens is 364 g/mol. The van der Waals surface area contributed by atoms with Gasteiger partial charge in [0.05, 0.1) is 6.26 Å². The Morgan fingerprint density at radius 1 is 1.03 bits per heavy atom. The third-order valence-electron chi connectivity index (χ3n) is 6.31. The monoisotopic (exact) mass is 406 g/mol. The van der Waals surface area contributed by atoms with Crippen molar-refractivity contribution in [2.24, 2.45) is 17.8 Å². The van der Waals surface area contributed by atoms with Gasteiger partial charge in [0, 0.05) is 19.8 Å². The summed E-state index contributed by atoms with van der Waals surface area (Å²) in [6.07, 6.45) is 12.8. The molecule has 166 valence electrons. The highest BCUT2D eigenvalue weighted by molar-refractivity contribution is 5.66. The Labute approximate surface area is 178 Å². The summed E-state index contributed by atoms with van der Waals surface area (Å²) in [5.41, 5.74) is 3.06. The minimum absolute atomic E-state index is 0.157. The summed E-state index contributed by atoms with van der Waals surface area (Å²) in [6, 6.07) is 0. The van der Waals surface area contributed by atoms with Gasteiger partial charge in [0.2, 0.25) is 0 Å². The lowest BCUT2D eigenvalue weighted by Crippen LogP contribution is -2.36. The van der Waals surface area contributed by atoms with Gasteiger partial charge in [0.15, 0.2) is 0 Å². The minimum atomic E-state index is -0.337. The predicted octanol–water partition coefficient (Wildman–Crippen LogP) is 6.74. The molecule has 0 aliphatic heterocycles. The lowest BCUT2D eigenvalue weighted by atomic mass is 9.81. The van der Waals surface area contributed by atoms with Gasteiger partial charge in [-0.3, -0.25) is 9.59 Å². The van der Waals surface area contributed by atoms with E-state index < -0.39 is 0 Å². The Bertz CT molecular complexity index is 600. The van der Waals surface area contributed by atoms with E-state index in [4.69, 9.17) is 4.74 Å². The summed E-state index contributed by atoms with van der Waals surface area (Å²) in [4.78, 5) is 21.5. The van der Waals surface area contributed by atoms with E-state index in [1.165, 1.54) is 52.2 Å². The number of carbonyl (C=O) groups excluding carboxylic acids is 2. The fourth-order valence-corrected chi connectivity index (χ4v) is 4.49. The van der Waals surface area contributed by atoms with E-state index in [-0.39, 0.29) is 17.5 Å². The Balaban J connectivity index is 0.000000359. The quantitative estimate of drug-likeness (QED) is 0.212. The fourth-order valence-electron chi connectivity index (χ4n) is 4.49. The Kier molecular flexibility index (Phi) is 10.7. The van der Waals surface area contributed by atoms with E-state index in [0.717, 1.165) is 31.1 Å². The van der Waals surface area contributed by atoms with Gasteiger partial charge >= 0.3 is 11.9 Å². The number of rotatable bonds is 6. The summed E-state index contributed by atoms with van der Waals surface area (Å²) in [6.45, 7) is 13.9. The second-order valence-corrected chi connectivity index (χ2v) is 9.19.